The Balaban J connectivity index is 1.31. The van der Waals surface area contributed by atoms with Gasteiger partial charge in [-0.3, -0.25) is 0 Å². The average Bonchev–Trinajstić information content (AvgIpc) is 3.55. The standard InChI is InChI=1S/C41H29N3/c1-41(2)34-21-10-8-19-31(34)36-32-20-9-11-22-35(32)44(39(36)41)29-17-12-16-28(25-29)40-42-37(27-14-4-3-5-15-27)33-24-23-26-13-6-7-18-30(26)38(33)43-40/h3-25H,1-2H3. The Labute approximate surface area is 256 Å². The molecule has 3 heteroatoms. The van der Waals surface area contributed by atoms with Crippen LogP contribution in [0.4, 0.5) is 0 Å². The molecule has 1 aliphatic rings. The summed E-state index contributed by atoms with van der Waals surface area (Å²) in [6.45, 7) is 4.70. The lowest BCUT2D eigenvalue weighted by atomic mass is 9.85. The van der Waals surface area contributed by atoms with E-state index in [1.807, 2.05) is 6.07 Å². The van der Waals surface area contributed by atoms with Crippen molar-refractivity contribution in [2.45, 2.75) is 19.3 Å². The molecule has 208 valence electrons. The molecule has 8 aromatic rings. The number of rotatable bonds is 3. The number of benzene rings is 6. The summed E-state index contributed by atoms with van der Waals surface area (Å²) in [4.78, 5) is 10.5. The maximum Gasteiger partial charge on any atom is 0.160 e. The Bertz CT molecular complexity index is 2410. The van der Waals surface area contributed by atoms with Gasteiger partial charge >= 0.3 is 0 Å². The summed E-state index contributed by atoms with van der Waals surface area (Å²) in [7, 11) is 0. The maximum atomic E-state index is 5.26. The molecule has 0 fully saturated rings. The fraction of sp³-hybridized carbons (Fsp3) is 0.0732. The Morgan fingerprint density at radius 2 is 1.30 bits per heavy atom. The minimum absolute atomic E-state index is 0.153. The first kappa shape index (κ1) is 25.0. The molecule has 0 unspecified atom stereocenters. The zero-order chi connectivity index (χ0) is 29.4. The van der Waals surface area contributed by atoms with Crippen molar-refractivity contribution in [3.05, 3.63) is 151 Å². The van der Waals surface area contributed by atoms with Gasteiger partial charge in [-0.05, 0) is 40.8 Å². The van der Waals surface area contributed by atoms with Gasteiger partial charge in [0.2, 0.25) is 0 Å². The van der Waals surface area contributed by atoms with Crippen molar-refractivity contribution in [1.29, 1.82) is 0 Å². The second-order valence-electron chi connectivity index (χ2n) is 12.2. The molecule has 0 radical (unpaired) electrons. The van der Waals surface area contributed by atoms with Gasteiger partial charge in [0.05, 0.1) is 16.7 Å². The maximum absolute atomic E-state index is 5.26. The number of nitrogens with zero attached hydrogens (tertiary/aromatic N) is 3. The van der Waals surface area contributed by atoms with Crippen LogP contribution in [0.15, 0.2) is 140 Å². The lowest BCUT2D eigenvalue weighted by Crippen LogP contribution is -2.19. The van der Waals surface area contributed by atoms with E-state index in [9.17, 15) is 0 Å². The number of para-hydroxylation sites is 1. The predicted molar refractivity (Wildman–Crippen MR) is 182 cm³/mol. The van der Waals surface area contributed by atoms with E-state index in [0.717, 1.165) is 44.6 Å². The van der Waals surface area contributed by atoms with Crippen LogP contribution in [0.2, 0.25) is 0 Å². The highest BCUT2D eigenvalue weighted by molar-refractivity contribution is 6.10. The monoisotopic (exact) mass is 563 g/mol. The molecule has 0 saturated carbocycles. The van der Waals surface area contributed by atoms with Crippen molar-refractivity contribution in [3.63, 3.8) is 0 Å². The molecule has 0 atom stereocenters. The van der Waals surface area contributed by atoms with Crippen LogP contribution in [0.5, 0.6) is 0 Å². The molecule has 1 aliphatic carbocycles. The van der Waals surface area contributed by atoms with Gasteiger partial charge in [0.1, 0.15) is 0 Å². The van der Waals surface area contributed by atoms with E-state index < -0.39 is 0 Å². The van der Waals surface area contributed by atoms with Gasteiger partial charge < -0.3 is 4.57 Å². The Morgan fingerprint density at radius 3 is 2.18 bits per heavy atom. The van der Waals surface area contributed by atoms with Crippen LogP contribution in [0.1, 0.15) is 25.1 Å². The summed E-state index contributed by atoms with van der Waals surface area (Å²) in [5.74, 6) is 0.727. The van der Waals surface area contributed by atoms with Gasteiger partial charge in [-0.15, -0.1) is 0 Å². The largest absolute Gasteiger partial charge is 0.312 e. The van der Waals surface area contributed by atoms with Gasteiger partial charge in [-0.25, -0.2) is 9.97 Å². The first-order chi connectivity index (χ1) is 21.6. The fourth-order valence-corrected chi connectivity index (χ4v) is 7.34. The van der Waals surface area contributed by atoms with Crippen LogP contribution < -0.4 is 0 Å². The summed E-state index contributed by atoms with van der Waals surface area (Å²) in [6, 6.07) is 49.7. The summed E-state index contributed by atoms with van der Waals surface area (Å²) in [5.41, 5.74) is 11.5. The summed E-state index contributed by atoms with van der Waals surface area (Å²) >= 11 is 0. The highest BCUT2D eigenvalue weighted by Crippen LogP contribution is 2.53. The van der Waals surface area contributed by atoms with Crippen LogP contribution in [0, 0.1) is 0 Å². The van der Waals surface area contributed by atoms with E-state index in [-0.39, 0.29) is 5.41 Å². The summed E-state index contributed by atoms with van der Waals surface area (Å²) in [5, 5.41) is 4.65. The highest BCUT2D eigenvalue weighted by Gasteiger charge is 2.40. The van der Waals surface area contributed by atoms with Gasteiger partial charge in [-0.1, -0.05) is 129 Å². The van der Waals surface area contributed by atoms with Crippen LogP contribution in [-0.4, -0.2) is 14.5 Å². The molecule has 0 bridgehead atoms. The zero-order valence-corrected chi connectivity index (χ0v) is 24.6. The minimum Gasteiger partial charge on any atom is -0.312 e. The molecule has 2 aromatic heterocycles. The number of hydrogen-bond donors (Lipinski definition) is 0. The summed E-state index contributed by atoms with van der Waals surface area (Å²) in [6.07, 6.45) is 0. The fourth-order valence-electron chi connectivity index (χ4n) is 7.34. The Morgan fingerprint density at radius 1 is 0.568 bits per heavy atom. The van der Waals surface area contributed by atoms with Gasteiger partial charge in [0.15, 0.2) is 5.82 Å². The molecule has 44 heavy (non-hydrogen) atoms. The smallest absolute Gasteiger partial charge is 0.160 e. The topological polar surface area (TPSA) is 30.7 Å². The van der Waals surface area contributed by atoms with Crippen molar-refractivity contribution in [2.75, 3.05) is 0 Å². The van der Waals surface area contributed by atoms with Crippen LogP contribution in [-0.2, 0) is 5.41 Å². The third-order valence-electron chi connectivity index (χ3n) is 9.34. The van der Waals surface area contributed by atoms with E-state index >= 15 is 0 Å². The van der Waals surface area contributed by atoms with Crippen molar-refractivity contribution in [1.82, 2.24) is 14.5 Å². The predicted octanol–water partition coefficient (Wildman–Crippen LogP) is 10.4. The first-order valence-corrected chi connectivity index (χ1v) is 15.2. The van der Waals surface area contributed by atoms with Crippen molar-refractivity contribution < 1.29 is 0 Å². The van der Waals surface area contributed by atoms with Gasteiger partial charge in [0, 0.05) is 49.6 Å². The van der Waals surface area contributed by atoms with E-state index in [4.69, 9.17) is 9.97 Å². The second-order valence-corrected chi connectivity index (χ2v) is 12.2. The molecule has 0 amide bonds. The van der Waals surface area contributed by atoms with E-state index in [0.29, 0.717) is 0 Å². The van der Waals surface area contributed by atoms with E-state index in [1.54, 1.807) is 0 Å². The highest BCUT2D eigenvalue weighted by atomic mass is 15.0. The molecule has 0 N–H and O–H groups in total. The Kier molecular flexibility index (Phi) is 5.24. The third-order valence-corrected chi connectivity index (χ3v) is 9.34. The van der Waals surface area contributed by atoms with Crippen molar-refractivity contribution >= 4 is 32.6 Å². The van der Waals surface area contributed by atoms with E-state index in [2.05, 4.69) is 152 Å². The molecular weight excluding hydrogens is 534 g/mol. The van der Waals surface area contributed by atoms with Gasteiger partial charge in [0.25, 0.3) is 0 Å². The molecular formula is C41H29N3. The van der Waals surface area contributed by atoms with Crippen molar-refractivity contribution in [3.8, 4) is 39.5 Å². The molecule has 3 nitrogen and oxygen atoms in total. The number of aromatic nitrogens is 3. The third kappa shape index (κ3) is 3.50. The molecule has 0 aliphatic heterocycles. The van der Waals surface area contributed by atoms with Gasteiger partial charge in [-0.2, -0.15) is 0 Å². The summed E-state index contributed by atoms with van der Waals surface area (Å²) < 4.78 is 2.46. The number of hydrogen-bond acceptors (Lipinski definition) is 2. The molecule has 2 heterocycles. The minimum atomic E-state index is -0.153. The lowest BCUT2D eigenvalue weighted by Gasteiger charge is -2.24. The molecule has 6 aromatic carbocycles. The molecule has 0 spiro atoms. The molecule has 9 rings (SSSR count). The number of fused-ring (bicyclic) bond motifs is 8. The quantitative estimate of drug-likeness (QED) is 0.200. The second kappa shape index (κ2) is 9.23. The normalized spacial score (nSPS) is 13.4. The lowest BCUT2D eigenvalue weighted by molar-refractivity contribution is 0.624. The SMILES string of the molecule is CC1(C)c2ccccc2-c2c1n(-c1cccc(-c3nc(-c4ccccc4)c4ccc5ccccc5c4n3)c1)c1ccccc21. The zero-order valence-electron chi connectivity index (χ0n) is 24.6. The van der Waals surface area contributed by atoms with Crippen molar-refractivity contribution in [2.24, 2.45) is 0 Å². The van der Waals surface area contributed by atoms with Crippen LogP contribution in [0.3, 0.4) is 0 Å². The first-order valence-electron chi connectivity index (χ1n) is 15.2. The Hall–Kier alpha value is -5.54. The van der Waals surface area contributed by atoms with E-state index in [1.165, 1.54) is 38.7 Å². The molecule has 0 saturated heterocycles. The average molecular weight is 564 g/mol. The van der Waals surface area contributed by atoms with Crippen LogP contribution in [0.25, 0.3) is 72.0 Å². The van der Waals surface area contributed by atoms with Crippen LogP contribution >= 0.6 is 0 Å².